The number of likely N-dealkylation sites (tertiary alicyclic amines) is 1. The van der Waals surface area contributed by atoms with E-state index in [0.29, 0.717) is 5.92 Å². The van der Waals surface area contributed by atoms with Gasteiger partial charge < -0.3 is 15.0 Å². The molecule has 1 aliphatic rings. The summed E-state index contributed by atoms with van der Waals surface area (Å²) in [6, 6.07) is 10.7. The zero-order chi connectivity index (χ0) is 16.3. The lowest BCUT2D eigenvalue weighted by Gasteiger charge is -2.21. The van der Waals surface area contributed by atoms with Crippen LogP contribution in [0, 0.1) is 5.92 Å². The van der Waals surface area contributed by atoms with Crippen molar-refractivity contribution in [3.05, 3.63) is 35.9 Å². The second kappa shape index (κ2) is 12.5. The summed E-state index contributed by atoms with van der Waals surface area (Å²) in [4.78, 5) is 6.78. The van der Waals surface area contributed by atoms with Crippen LogP contribution in [-0.4, -0.2) is 51.3 Å². The molecule has 1 saturated heterocycles. The van der Waals surface area contributed by atoms with E-state index in [0.717, 1.165) is 32.2 Å². The Hall–Kier alpha value is -0.820. The van der Waals surface area contributed by atoms with Gasteiger partial charge >= 0.3 is 0 Å². The van der Waals surface area contributed by atoms with E-state index < -0.39 is 0 Å². The highest BCUT2D eigenvalue weighted by Crippen LogP contribution is 2.16. The van der Waals surface area contributed by atoms with Crippen LogP contribution in [0.3, 0.4) is 0 Å². The second-order valence-electron chi connectivity index (χ2n) is 6.33. The lowest BCUT2D eigenvalue weighted by Crippen LogP contribution is -2.40. The van der Waals surface area contributed by atoms with E-state index in [4.69, 9.17) is 4.74 Å². The van der Waals surface area contributed by atoms with Crippen molar-refractivity contribution in [1.82, 2.24) is 10.2 Å². The zero-order valence-electron chi connectivity index (χ0n) is 15.0. The average molecular weight is 445 g/mol. The molecule has 1 N–H and O–H groups in total. The molecule has 1 heterocycles. The fourth-order valence-electron chi connectivity index (χ4n) is 3.20. The molecule has 136 valence electrons. The molecule has 4 nitrogen and oxygen atoms in total. The molecule has 1 aromatic rings. The van der Waals surface area contributed by atoms with E-state index in [-0.39, 0.29) is 24.0 Å². The van der Waals surface area contributed by atoms with Crippen molar-refractivity contribution < 1.29 is 4.74 Å². The molecule has 2 rings (SSSR count). The number of ether oxygens (including phenoxy) is 1. The Bertz CT molecular complexity index is 467. The Kier molecular flexibility index (Phi) is 11.1. The number of aliphatic imine (C=N–C) groups is 1. The maximum atomic E-state index is 5.26. The van der Waals surface area contributed by atoms with Crippen LogP contribution in [0.25, 0.3) is 0 Å². The fraction of sp³-hybridized carbons (Fsp3) is 0.632. The van der Waals surface area contributed by atoms with Crippen molar-refractivity contribution in [3.63, 3.8) is 0 Å². The van der Waals surface area contributed by atoms with Gasteiger partial charge in [-0.1, -0.05) is 36.8 Å². The minimum atomic E-state index is 0. The first kappa shape index (κ1) is 21.2. The Morgan fingerprint density at radius 1 is 1.25 bits per heavy atom. The molecule has 1 atom stereocenters. The molecule has 1 unspecified atom stereocenters. The number of unbranched alkanes of at least 4 members (excludes halogenated alkanes) is 2. The van der Waals surface area contributed by atoms with Crippen molar-refractivity contribution in [1.29, 1.82) is 0 Å². The number of nitrogens with one attached hydrogen (secondary N) is 1. The lowest BCUT2D eigenvalue weighted by atomic mass is 10.1. The Balaban J connectivity index is 0.00000288. The number of benzene rings is 1. The number of aryl methyl sites for hydroxylation is 1. The van der Waals surface area contributed by atoms with Crippen LogP contribution in [0.2, 0.25) is 0 Å². The number of nitrogens with zero attached hydrogens (tertiary/aromatic N) is 2. The van der Waals surface area contributed by atoms with Gasteiger partial charge in [-0.2, -0.15) is 0 Å². The third-order valence-corrected chi connectivity index (χ3v) is 4.47. The molecule has 0 aromatic heterocycles. The van der Waals surface area contributed by atoms with Gasteiger partial charge in [0.05, 0.1) is 6.61 Å². The average Bonchev–Trinajstić information content (AvgIpc) is 3.04. The molecule has 0 saturated carbocycles. The summed E-state index contributed by atoms with van der Waals surface area (Å²) in [7, 11) is 3.66. The Labute approximate surface area is 164 Å². The van der Waals surface area contributed by atoms with E-state index in [1.165, 1.54) is 37.7 Å². The van der Waals surface area contributed by atoms with Crippen LogP contribution >= 0.6 is 24.0 Å². The van der Waals surface area contributed by atoms with E-state index in [1.54, 1.807) is 7.11 Å². The molecule has 0 spiro atoms. The maximum absolute atomic E-state index is 5.26. The van der Waals surface area contributed by atoms with Crippen molar-refractivity contribution in [2.45, 2.75) is 32.1 Å². The summed E-state index contributed by atoms with van der Waals surface area (Å²) in [5.74, 6) is 1.69. The maximum Gasteiger partial charge on any atom is 0.193 e. The highest BCUT2D eigenvalue weighted by molar-refractivity contribution is 14.0. The van der Waals surface area contributed by atoms with Gasteiger partial charge in [-0.3, -0.25) is 4.99 Å². The molecule has 0 amide bonds. The topological polar surface area (TPSA) is 36.9 Å². The number of halogens is 1. The monoisotopic (exact) mass is 445 g/mol. The molecule has 1 aliphatic heterocycles. The van der Waals surface area contributed by atoms with Crippen LogP contribution in [0.4, 0.5) is 0 Å². The molecular weight excluding hydrogens is 413 g/mol. The standard InChI is InChI=1S/C19H31N3O.HI/c1-20-19(22-14-12-18(15-22)16-23-2)21-13-8-4-7-11-17-9-5-3-6-10-17;/h3,5-6,9-10,18H,4,7-8,11-16H2,1-2H3,(H,20,21);1H. The molecular formula is C19H32IN3O. The quantitative estimate of drug-likeness (QED) is 0.288. The van der Waals surface area contributed by atoms with Crippen LogP contribution < -0.4 is 5.32 Å². The molecule has 1 fully saturated rings. The van der Waals surface area contributed by atoms with Gasteiger partial charge in [0.25, 0.3) is 0 Å². The van der Waals surface area contributed by atoms with E-state index in [9.17, 15) is 0 Å². The van der Waals surface area contributed by atoms with Gasteiger partial charge in [0, 0.05) is 39.7 Å². The number of methoxy groups -OCH3 is 1. The first-order valence-electron chi connectivity index (χ1n) is 8.82. The molecule has 24 heavy (non-hydrogen) atoms. The van der Waals surface area contributed by atoms with E-state index in [2.05, 4.69) is 45.5 Å². The lowest BCUT2D eigenvalue weighted by molar-refractivity contribution is 0.157. The van der Waals surface area contributed by atoms with Crippen LogP contribution in [0.5, 0.6) is 0 Å². The molecule has 0 radical (unpaired) electrons. The van der Waals surface area contributed by atoms with Gasteiger partial charge in [0.1, 0.15) is 0 Å². The normalized spacial score (nSPS) is 17.7. The second-order valence-corrected chi connectivity index (χ2v) is 6.33. The Morgan fingerprint density at radius 3 is 2.75 bits per heavy atom. The smallest absolute Gasteiger partial charge is 0.193 e. The van der Waals surface area contributed by atoms with Gasteiger partial charge in [-0.05, 0) is 31.2 Å². The first-order chi connectivity index (χ1) is 11.3. The van der Waals surface area contributed by atoms with E-state index >= 15 is 0 Å². The molecule has 5 heteroatoms. The highest BCUT2D eigenvalue weighted by atomic mass is 127. The minimum absolute atomic E-state index is 0. The summed E-state index contributed by atoms with van der Waals surface area (Å²) in [6.07, 6.45) is 6.09. The fourth-order valence-corrected chi connectivity index (χ4v) is 3.20. The number of rotatable bonds is 8. The number of hydrogen-bond donors (Lipinski definition) is 1. The molecule has 0 bridgehead atoms. The van der Waals surface area contributed by atoms with Crippen LogP contribution in [0.15, 0.2) is 35.3 Å². The third-order valence-electron chi connectivity index (χ3n) is 4.47. The SMILES string of the molecule is CN=C(NCCCCCc1ccccc1)N1CCC(COC)C1.I. The molecule has 1 aromatic carbocycles. The van der Waals surface area contributed by atoms with E-state index in [1.807, 2.05) is 7.05 Å². The van der Waals surface area contributed by atoms with Crippen molar-refractivity contribution in [2.24, 2.45) is 10.9 Å². The van der Waals surface area contributed by atoms with Gasteiger partial charge in [0.15, 0.2) is 5.96 Å². The van der Waals surface area contributed by atoms with Crippen LogP contribution in [0.1, 0.15) is 31.2 Å². The van der Waals surface area contributed by atoms with Crippen molar-refractivity contribution in [2.75, 3.05) is 40.4 Å². The van der Waals surface area contributed by atoms with Gasteiger partial charge in [0.2, 0.25) is 0 Å². The summed E-state index contributed by atoms with van der Waals surface area (Å²) in [5.41, 5.74) is 1.44. The summed E-state index contributed by atoms with van der Waals surface area (Å²) in [6.45, 7) is 4.00. The largest absolute Gasteiger partial charge is 0.384 e. The highest BCUT2D eigenvalue weighted by Gasteiger charge is 2.24. The summed E-state index contributed by atoms with van der Waals surface area (Å²) >= 11 is 0. The third kappa shape index (κ3) is 7.38. The van der Waals surface area contributed by atoms with Crippen molar-refractivity contribution >= 4 is 29.9 Å². The predicted molar refractivity (Wildman–Crippen MR) is 112 cm³/mol. The number of hydrogen-bond acceptors (Lipinski definition) is 2. The van der Waals surface area contributed by atoms with Crippen molar-refractivity contribution in [3.8, 4) is 0 Å². The minimum Gasteiger partial charge on any atom is -0.384 e. The first-order valence-corrected chi connectivity index (χ1v) is 8.82. The van der Waals surface area contributed by atoms with Crippen LogP contribution in [-0.2, 0) is 11.2 Å². The summed E-state index contributed by atoms with van der Waals surface area (Å²) in [5, 5.41) is 3.51. The van der Waals surface area contributed by atoms with Gasteiger partial charge in [-0.25, -0.2) is 0 Å². The van der Waals surface area contributed by atoms with Gasteiger partial charge in [-0.15, -0.1) is 24.0 Å². The predicted octanol–water partition coefficient (Wildman–Crippen LogP) is 3.56. The number of guanidine groups is 1. The Morgan fingerprint density at radius 2 is 2.04 bits per heavy atom. The molecule has 0 aliphatic carbocycles. The zero-order valence-corrected chi connectivity index (χ0v) is 17.4. The summed E-state index contributed by atoms with van der Waals surface area (Å²) < 4.78 is 5.26.